The largest absolute Gasteiger partial charge is 0.246 e. The van der Waals surface area contributed by atoms with Gasteiger partial charge in [0, 0.05) is 10.8 Å². The van der Waals surface area contributed by atoms with Gasteiger partial charge in [-0.3, -0.25) is 0 Å². The Morgan fingerprint density at radius 3 is 2.77 bits per heavy atom. The average Bonchev–Trinajstić information content (AvgIpc) is 2.47. The molecule has 1 atom stereocenters. The zero-order valence-corrected chi connectivity index (χ0v) is 8.77. The molecule has 0 amide bonds. The number of nitrogens with zero attached hydrogens (tertiary/aromatic N) is 1. The molecule has 0 aromatic carbocycles. The fourth-order valence-electron chi connectivity index (χ4n) is 1.67. The summed E-state index contributed by atoms with van der Waals surface area (Å²) in [6, 6.07) is 0. The Bertz CT molecular complexity index is 360. The first-order valence-electron chi connectivity index (χ1n) is 4.54. The van der Waals surface area contributed by atoms with E-state index in [1.165, 1.54) is 15.6 Å². The minimum Gasteiger partial charge on any atom is -0.246 e. The fourth-order valence-corrected chi connectivity index (χ4v) is 2.56. The molecule has 0 radical (unpaired) electrons. The molecule has 1 aliphatic rings. The van der Waals surface area contributed by atoms with Gasteiger partial charge < -0.3 is 0 Å². The summed E-state index contributed by atoms with van der Waals surface area (Å²) in [5.74, 6) is 0.509. The molecule has 0 fully saturated rings. The summed E-state index contributed by atoms with van der Waals surface area (Å²) in [5, 5.41) is 1.18. The first-order valence-corrected chi connectivity index (χ1v) is 5.36. The van der Waals surface area contributed by atoms with Gasteiger partial charge in [0.2, 0.25) is 0 Å². The number of aryl methyl sites for hydroxylation is 2. The van der Waals surface area contributed by atoms with Crippen LogP contribution in [0.25, 0.3) is 0 Å². The molecule has 1 aromatic rings. The molecular weight excluding hydrogens is 178 g/mol. The van der Waals surface area contributed by atoms with E-state index < -0.39 is 0 Å². The highest BCUT2D eigenvalue weighted by Crippen LogP contribution is 2.29. The van der Waals surface area contributed by atoms with Crippen LogP contribution >= 0.6 is 11.3 Å². The number of rotatable bonds is 1. The minimum absolute atomic E-state index is 0.509. The molecule has 0 spiro atoms. The maximum atomic E-state index is 4.57. The molecule has 68 valence electrons. The monoisotopic (exact) mass is 191 g/mol. The highest BCUT2D eigenvalue weighted by molar-refractivity contribution is 7.11. The van der Waals surface area contributed by atoms with Gasteiger partial charge in [-0.1, -0.05) is 24.3 Å². The highest BCUT2D eigenvalue weighted by atomic mass is 32.1. The molecule has 0 aliphatic heterocycles. The highest BCUT2D eigenvalue weighted by Gasteiger charge is 2.14. The third kappa shape index (κ3) is 1.73. The molecule has 1 unspecified atom stereocenters. The first-order chi connectivity index (χ1) is 6.27. The molecule has 1 nitrogen and oxygen atoms in total. The van der Waals surface area contributed by atoms with Crippen LogP contribution in [-0.2, 0) is 0 Å². The van der Waals surface area contributed by atoms with Crippen molar-refractivity contribution in [1.82, 2.24) is 4.98 Å². The van der Waals surface area contributed by atoms with Crippen LogP contribution in [0.2, 0.25) is 0 Å². The van der Waals surface area contributed by atoms with Crippen LogP contribution < -0.4 is 0 Å². The van der Waals surface area contributed by atoms with Gasteiger partial charge in [-0.25, -0.2) is 4.98 Å². The van der Waals surface area contributed by atoms with Crippen molar-refractivity contribution >= 4 is 11.3 Å². The van der Waals surface area contributed by atoms with Crippen LogP contribution in [0.3, 0.4) is 0 Å². The predicted octanol–water partition coefficient (Wildman–Crippen LogP) is 3.36. The Kier molecular flexibility index (Phi) is 2.32. The van der Waals surface area contributed by atoms with E-state index in [-0.39, 0.29) is 0 Å². The summed E-state index contributed by atoms with van der Waals surface area (Å²) >= 11 is 1.79. The van der Waals surface area contributed by atoms with Gasteiger partial charge >= 0.3 is 0 Å². The lowest BCUT2D eigenvalue weighted by Crippen LogP contribution is -1.98. The summed E-state index contributed by atoms with van der Waals surface area (Å²) in [6.45, 7) is 4.23. The smallest absolute Gasteiger partial charge is 0.0900 e. The lowest BCUT2D eigenvalue weighted by molar-refractivity contribution is 0.814. The number of hydrogen-bond acceptors (Lipinski definition) is 2. The second-order valence-corrected chi connectivity index (χ2v) is 4.74. The van der Waals surface area contributed by atoms with Crippen LogP contribution in [0, 0.1) is 13.8 Å². The van der Waals surface area contributed by atoms with E-state index in [1.54, 1.807) is 11.3 Å². The third-order valence-corrected chi connectivity index (χ3v) is 3.17. The zero-order valence-electron chi connectivity index (χ0n) is 7.95. The first kappa shape index (κ1) is 8.70. The normalized spacial score (nSPS) is 20.9. The van der Waals surface area contributed by atoms with E-state index in [1.807, 2.05) is 0 Å². The fraction of sp³-hybridized carbons (Fsp3) is 0.364. The topological polar surface area (TPSA) is 12.9 Å². The van der Waals surface area contributed by atoms with Crippen molar-refractivity contribution in [2.45, 2.75) is 26.2 Å². The predicted molar refractivity (Wildman–Crippen MR) is 57.2 cm³/mol. The van der Waals surface area contributed by atoms with E-state index in [0.29, 0.717) is 5.92 Å². The Morgan fingerprint density at radius 1 is 1.38 bits per heavy atom. The average molecular weight is 191 g/mol. The van der Waals surface area contributed by atoms with Crippen molar-refractivity contribution in [3.8, 4) is 0 Å². The van der Waals surface area contributed by atoms with Gasteiger partial charge in [0.25, 0.3) is 0 Å². The molecule has 2 heteroatoms. The molecule has 1 aromatic heterocycles. The van der Waals surface area contributed by atoms with Crippen LogP contribution in [0.4, 0.5) is 0 Å². The molecular formula is C11H13NS. The molecule has 2 rings (SSSR count). The van der Waals surface area contributed by atoms with E-state index in [0.717, 1.165) is 6.42 Å². The molecule has 1 aliphatic carbocycles. The van der Waals surface area contributed by atoms with E-state index in [4.69, 9.17) is 0 Å². The molecule has 0 bridgehead atoms. The van der Waals surface area contributed by atoms with Crippen LogP contribution in [0.5, 0.6) is 0 Å². The van der Waals surface area contributed by atoms with Crippen LogP contribution in [0.15, 0.2) is 24.3 Å². The van der Waals surface area contributed by atoms with E-state index in [9.17, 15) is 0 Å². The Morgan fingerprint density at radius 2 is 2.23 bits per heavy atom. The quantitative estimate of drug-likeness (QED) is 0.663. The van der Waals surface area contributed by atoms with Gasteiger partial charge in [-0.2, -0.15) is 0 Å². The van der Waals surface area contributed by atoms with Gasteiger partial charge in [-0.05, 0) is 20.3 Å². The number of hydrogen-bond donors (Lipinski definition) is 0. The molecule has 13 heavy (non-hydrogen) atoms. The standard InChI is InChI=1S/C11H13NS/c1-8-11(12-9(2)13-8)10-6-4-3-5-7-10/h3-6,10H,7H2,1-2H3. The zero-order chi connectivity index (χ0) is 9.26. The Labute approximate surface area is 82.8 Å². The number of aromatic nitrogens is 1. The van der Waals surface area contributed by atoms with Crippen molar-refractivity contribution in [2.24, 2.45) is 0 Å². The molecule has 1 heterocycles. The van der Waals surface area contributed by atoms with Gasteiger partial charge in [-0.15, -0.1) is 11.3 Å². The van der Waals surface area contributed by atoms with Crippen molar-refractivity contribution in [3.05, 3.63) is 39.9 Å². The van der Waals surface area contributed by atoms with E-state index >= 15 is 0 Å². The van der Waals surface area contributed by atoms with Gasteiger partial charge in [0.05, 0.1) is 10.7 Å². The summed E-state index contributed by atoms with van der Waals surface area (Å²) in [4.78, 5) is 5.93. The van der Waals surface area contributed by atoms with Crippen LogP contribution in [-0.4, -0.2) is 4.98 Å². The SMILES string of the molecule is Cc1nc(C2C=CC=CC2)c(C)s1. The molecule has 0 N–H and O–H groups in total. The molecule has 0 saturated carbocycles. The minimum atomic E-state index is 0.509. The van der Waals surface area contributed by atoms with Crippen molar-refractivity contribution in [1.29, 1.82) is 0 Å². The second kappa shape index (κ2) is 3.46. The maximum absolute atomic E-state index is 4.57. The van der Waals surface area contributed by atoms with Crippen molar-refractivity contribution in [2.75, 3.05) is 0 Å². The number of thiazole rings is 1. The summed E-state index contributed by atoms with van der Waals surface area (Å²) in [6.07, 6.45) is 9.76. The van der Waals surface area contributed by atoms with Crippen molar-refractivity contribution < 1.29 is 0 Å². The Balaban J connectivity index is 2.30. The maximum Gasteiger partial charge on any atom is 0.0900 e. The van der Waals surface area contributed by atoms with Gasteiger partial charge in [0.1, 0.15) is 0 Å². The lowest BCUT2D eigenvalue weighted by atomic mass is 9.97. The molecule has 0 saturated heterocycles. The summed E-state index contributed by atoms with van der Waals surface area (Å²) in [7, 11) is 0. The Hall–Kier alpha value is -0.890. The summed E-state index contributed by atoms with van der Waals surface area (Å²) in [5.41, 5.74) is 1.27. The van der Waals surface area contributed by atoms with Crippen molar-refractivity contribution in [3.63, 3.8) is 0 Å². The van der Waals surface area contributed by atoms with Crippen LogP contribution in [0.1, 0.15) is 27.9 Å². The summed E-state index contributed by atoms with van der Waals surface area (Å²) < 4.78 is 0. The lowest BCUT2D eigenvalue weighted by Gasteiger charge is -2.10. The second-order valence-electron chi connectivity index (χ2n) is 3.33. The van der Waals surface area contributed by atoms with E-state index in [2.05, 4.69) is 43.1 Å². The third-order valence-electron chi connectivity index (χ3n) is 2.27. The number of allylic oxidation sites excluding steroid dienone is 4. The van der Waals surface area contributed by atoms with Gasteiger partial charge in [0.15, 0.2) is 0 Å².